The van der Waals surface area contributed by atoms with E-state index in [1.54, 1.807) is 0 Å². The number of nitrogens with two attached hydrogens (primary N) is 1. The smallest absolute Gasteiger partial charge is 0.243 e. The molecule has 0 unspecified atom stereocenters. The van der Waals surface area contributed by atoms with Crippen LogP contribution in [0, 0.1) is 23.4 Å². The summed E-state index contributed by atoms with van der Waals surface area (Å²) >= 11 is 0. The lowest BCUT2D eigenvalue weighted by molar-refractivity contribution is 0.192. The Bertz CT molecular complexity index is 613. The Labute approximate surface area is 121 Å². The number of sulfonamides is 1. The zero-order valence-corrected chi connectivity index (χ0v) is 12.3. The fourth-order valence-corrected chi connectivity index (χ4v) is 4.47. The van der Waals surface area contributed by atoms with Gasteiger partial charge in [0, 0.05) is 19.1 Å². The largest absolute Gasteiger partial charge is 0.329 e. The fourth-order valence-electron chi connectivity index (χ4n) is 2.68. The van der Waals surface area contributed by atoms with Gasteiger partial charge < -0.3 is 5.73 Å². The van der Waals surface area contributed by atoms with E-state index in [-0.39, 0.29) is 19.0 Å². The summed E-state index contributed by atoms with van der Waals surface area (Å²) in [5.74, 6) is -4.68. The summed E-state index contributed by atoms with van der Waals surface area (Å²) in [6.07, 6.45) is 1.48. The van der Waals surface area contributed by atoms with E-state index in [0.717, 1.165) is 10.7 Å². The number of hydrogen-bond acceptors (Lipinski definition) is 3. The first-order chi connectivity index (χ1) is 9.78. The predicted molar refractivity (Wildman–Crippen MR) is 71.4 cm³/mol. The maximum Gasteiger partial charge on any atom is 0.243 e. The minimum Gasteiger partial charge on any atom is -0.329 e. The third kappa shape index (κ3) is 2.93. The molecule has 1 aromatic carbocycles. The molecule has 1 saturated heterocycles. The second-order valence-corrected chi connectivity index (χ2v) is 7.13. The maximum absolute atomic E-state index is 13.3. The first-order valence-corrected chi connectivity index (χ1v) is 8.09. The number of rotatable bonds is 3. The first-order valence-electron chi connectivity index (χ1n) is 6.65. The molecule has 0 saturated carbocycles. The minimum absolute atomic E-state index is 0.0497. The summed E-state index contributed by atoms with van der Waals surface area (Å²) in [6.45, 7) is 2.23. The zero-order valence-electron chi connectivity index (χ0n) is 11.5. The molecule has 0 aliphatic carbocycles. The second kappa shape index (κ2) is 5.94. The molecular formula is C13H17F3N2O2S. The molecule has 0 spiro atoms. The van der Waals surface area contributed by atoms with Crippen LogP contribution < -0.4 is 5.73 Å². The van der Waals surface area contributed by atoms with E-state index in [0.29, 0.717) is 18.6 Å². The molecule has 118 valence electrons. The number of halogens is 3. The summed E-state index contributed by atoms with van der Waals surface area (Å²) in [5.41, 5.74) is 5.63. The van der Waals surface area contributed by atoms with Crippen molar-refractivity contribution in [3.05, 3.63) is 29.6 Å². The molecule has 1 fully saturated rings. The first kappa shape index (κ1) is 16.3. The van der Waals surface area contributed by atoms with Crippen molar-refractivity contribution in [1.82, 2.24) is 4.31 Å². The molecule has 0 amide bonds. The van der Waals surface area contributed by atoms with E-state index in [4.69, 9.17) is 5.73 Å². The molecule has 1 aliphatic heterocycles. The molecular weight excluding hydrogens is 305 g/mol. The lowest BCUT2D eigenvalue weighted by Crippen LogP contribution is -2.51. The van der Waals surface area contributed by atoms with Crippen LogP contribution in [0.5, 0.6) is 0 Å². The van der Waals surface area contributed by atoms with E-state index >= 15 is 0 Å². The topological polar surface area (TPSA) is 63.4 Å². The quantitative estimate of drug-likeness (QED) is 0.864. The van der Waals surface area contributed by atoms with Gasteiger partial charge >= 0.3 is 0 Å². The third-order valence-electron chi connectivity index (χ3n) is 3.87. The van der Waals surface area contributed by atoms with Gasteiger partial charge in [-0.2, -0.15) is 4.31 Å². The van der Waals surface area contributed by atoms with E-state index in [1.165, 1.54) is 0 Å². The molecule has 2 rings (SSSR count). The molecule has 21 heavy (non-hydrogen) atoms. The summed E-state index contributed by atoms with van der Waals surface area (Å²) in [4.78, 5) is -0.591. The van der Waals surface area contributed by atoms with Gasteiger partial charge in [0.25, 0.3) is 0 Å². The fraction of sp³-hybridized carbons (Fsp3) is 0.538. The Morgan fingerprint density at radius 1 is 1.29 bits per heavy atom. The Hall–Kier alpha value is -1.12. The van der Waals surface area contributed by atoms with Crippen molar-refractivity contribution in [2.75, 3.05) is 13.1 Å². The van der Waals surface area contributed by atoms with Crippen LogP contribution in [0.3, 0.4) is 0 Å². The van der Waals surface area contributed by atoms with Crippen LogP contribution in [0.25, 0.3) is 0 Å². The number of hydrogen-bond donors (Lipinski definition) is 1. The van der Waals surface area contributed by atoms with Gasteiger partial charge in [-0.3, -0.25) is 0 Å². The van der Waals surface area contributed by atoms with Gasteiger partial charge in [0.1, 0.15) is 0 Å². The molecule has 2 atom stereocenters. The molecule has 8 heteroatoms. The minimum atomic E-state index is -4.11. The van der Waals surface area contributed by atoms with E-state index in [9.17, 15) is 21.6 Å². The van der Waals surface area contributed by atoms with Crippen LogP contribution in [0.4, 0.5) is 13.2 Å². The average Bonchev–Trinajstić information content (AvgIpc) is 2.43. The molecule has 0 bridgehead atoms. The molecule has 1 aromatic rings. The zero-order chi connectivity index (χ0) is 15.8. The summed E-state index contributed by atoms with van der Waals surface area (Å²) in [5, 5.41) is 0. The van der Waals surface area contributed by atoms with Gasteiger partial charge in [-0.1, -0.05) is 6.92 Å². The van der Waals surface area contributed by atoms with Crippen molar-refractivity contribution in [3.8, 4) is 0 Å². The second-order valence-electron chi connectivity index (χ2n) is 5.24. The highest BCUT2D eigenvalue weighted by molar-refractivity contribution is 7.89. The molecule has 2 N–H and O–H groups in total. The molecule has 1 heterocycles. The van der Waals surface area contributed by atoms with Crippen molar-refractivity contribution in [2.24, 2.45) is 11.7 Å². The predicted octanol–water partition coefficient (Wildman–Crippen LogP) is 1.85. The van der Waals surface area contributed by atoms with Crippen LogP contribution >= 0.6 is 0 Å². The maximum atomic E-state index is 13.3. The molecule has 0 radical (unpaired) electrons. The Balaban J connectivity index is 2.46. The van der Waals surface area contributed by atoms with Gasteiger partial charge in [-0.15, -0.1) is 0 Å². The third-order valence-corrected chi connectivity index (χ3v) is 5.77. The molecule has 0 aromatic heterocycles. The number of nitrogens with zero attached hydrogens (tertiary/aromatic N) is 1. The van der Waals surface area contributed by atoms with Gasteiger partial charge in [0.2, 0.25) is 10.0 Å². The van der Waals surface area contributed by atoms with Gasteiger partial charge in [-0.25, -0.2) is 21.6 Å². The Morgan fingerprint density at radius 3 is 2.38 bits per heavy atom. The average molecular weight is 322 g/mol. The van der Waals surface area contributed by atoms with Crippen molar-refractivity contribution in [2.45, 2.75) is 30.7 Å². The summed E-state index contributed by atoms with van der Waals surface area (Å²) in [6, 6.07) is 0.571. The lowest BCUT2D eigenvalue weighted by Gasteiger charge is -2.38. The van der Waals surface area contributed by atoms with Gasteiger partial charge in [0.05, 0.1) is 4.90 Å². The van der Waals surface area contributed by atoms with E-state index < -0.39 is 38.4 Å². The van der Waals surface area contributed by atoms with Crippen LogP contribution in [0.1, 0.15) is 19.8 Å². The van der Waals surface area contributed by atoms with Gasteiger partial charge in [-0.05, 0) is 30.9 Å². The molecule has 1 aliphatic rings. The standard InChI is InChI=1S/C13H17F3N2O2S/c1-8-3-2-4-18(12(8)7-17)21(19,20)9-5-10(14)13(16)11(15)6-9/h5-6,8,12H,2-4,7,17H2,1H3/t8-,12+/m1/s1. The normalized spacial score (nSPS) is 24.2. The summed E-state index contributed by atoms with van der Waals surface area (Å²) < 4.78 is 65.7. The van der Waals surface area contributed by atoms with Crippen molar-refractivity contribution in [1.29, 1.82) is 0 Å². The molecule has 4 nitrogen and oxygen atoms in total. The van der Waals surface area contributed by atoms with Crippen LogP contribution in [-0.2, 0) is 10.0 Å². The number of benzene rings is 1. The number of piperidine rings is 1. The highest BCUT2D eigenvalue weighted by Crippen LogP contribution is 2.29. The Morgan fingerprint density at radius 2 is 1.86 bits per heavy atom. The van der Waals surface area contributed by atoms with Gasteiger partial charge in [0.15, 0.2) is 17.5 Å². The SMILES string of the molecule is C[C@@H]1CCCN(S(=O)(=O)c2cc(F)c(F)c(F)c2)[C@H]1CN. The highest BCUT2D eigenvalue weighted by atomic mass is 32.2. The Kier molecular flexibility index (Phi) is 4.60. The monoisotopic (exact) mass is 322 g/mol. The van der Waals surface area contributed by atoms with E-state index in [1.807, 2.05) is 6.92 Å². The van der Waals surface area contributed by atoms with E-state index in [2.05, 4.69) is 0 Å². The van der Waals surface area contributed by atoms with Crippen molar-refractivity contribution < 1.29 is 21.6 Å². The summed E-state index contributed by atoms with van der Waals surface area (Å²) in [7, 11) is -4.11. The lowest BCUT2D eigenvalue weighted by atomic mass is 9.93. The van der Waals surface area contributed by atoms with Crippen LogP contribution in [-0.4, -0.2) is 31.9 Å². The van der Waals surface area contributed by atoms with Crippen molar-refractivity contribution in [3.63, 3.8) is 0 Å². The van der Waals surface area contributed by atoms with Crippen LogP contribution in [0.2, 0.25) is 0 Å². The van der Waals surface area contributed by atoms with Crippen LogP contribution in [0.15, 0.2) is 17.0 Å². The highest BCUT2D eigenvalue weighted by Gasteiger charge is 2.37. The van der Waals surface area contributed by atoms with Crippen molar-refractivity contribution >= 4 is 10.0 Å².